The fraction of sp³-hybridized carbons (Fsp3) is 0.467. The van der Waals surface area contributed by atoms with Gasteiger partial charge in [-0.15, -0.1) is 23.2 Å². The van der Waals surface area contributed by atoms with E-state index < -0.39 is 21.6 Å². The standard InChI is InChI=1S/C15H17Cl2NO3/c1-9-4-5-10(2)11(6-9)18-12(19)7-21-13(20)14(3)8-15(14,16)17/h4-6H,7-8H2,1-3H3,(H,18,19)/t14-/m0/s1. The summed E-state index contributed by atoms with van der Waals surface area (Å²) in [5, 5.41) is 2.72. The van der Waals surface area contributed by atoms with Crippen LogP contribution in [0.25, 0.3) is 0 Å². The molecule has 1 aromatic carbocycles. The quantitative estimate of drug-likeness (QED) is 0.680. The van der Waals surface area contributed by atoms with Crippen LogP contribution in [-0.2, 0) is 14.3 Å². The predicted octanol–water partition coefficient (Wildman–Crippen LogP) is 3.37. The average molecular weight is 330 g/mol. The number of carbonyl (C=O) groups is 2. The van der Waals surface area contributed by atoms with Crippen LogP contribution in [0.15, 0.2) is 18.2 Å². The summed E-state index contributed by atoms with van der Waals surface area (Å²) in [6, 6.07) is 5.73. The minimum atomic E-state index is -1.09. The molecule has 1 fully saturated rings. The van der Waals surface area contributed by atoms with Crippen LogP contribution in [0.5, 0.6) is 0 Å². The van der Waals surface area contributed by atoms with Crippen LogP contribution in [0.2, 0.25) is 0 Å². The molecule has 6 heteroatoms. The molecule has 1 atom stereocenters. The highest BCUT2D eigenvalue weighted by atomic mass is 35.5. The lowest BCUT2D eigenvalue weighted by molar-refractivity contribution is -0.152. The third-order valence-corrected chi connectivity index (χ3v) is 4.81. The minimum Gasteiger partial charge on any atom is -0.455 e. The zero-order chi connectivity index (χ0) is 15.8. The molecule has 1 aliphatic carbocycles. The highest BCUT2D eigenvalue weighted by Crippen LogP contribution is 2.64. The molecule has 1 N–H and O–H groups in total. The van der Waals surface area contributed by atoms with Gasteiger partial charge in [0, 0.05) is 12.1 Å². The molecular formula is C15H17Cl2NO3. The van der Waals surface area contributed by atoms with Gasteiger partial charge in [0.25, 0.3) is 5.91 Å². The van der Waals surface area contributed by atoms with Crippen molar-refractivity contribution in [2.24, 2.45) is 5.41 Å². The number of ether oxygens (including phenoxy) is 1. The molecule has 4 nitrogen and oxygen atoms in total. The zero-order valence-electron chi connectivity index (χ0n) is 12.1. The fourth-order valence-corrected chi connectivity index (χ4v) is 2.66. The van der Waals surface area contributed by atoms with Crippen LogP contribution in [-0.4, -0.2) is 22.8 Å². The second kappa shape index (κ2) is 5.50. The van der Waals surface area contributed by atoms with Gasteiger partial charge in [0.2, 0.25) is 0 Å². The largest absolute Gasteiger partial charge is 0.455 e. The number of hydrogen-bond donors (Lipinski definition) is 1. The van der Waals surface area contributed by atoms with E-state index >= 15 is 0 Å². The summed E-state index contributed by atoms with van der Waals surface area (Å²) in [5.41, 5.74) is 1.76. The van der Waals surface area contributed by atoms with E-state index in [0.717, 1.165) is 11.1 Å². The van der Waals surface area contributed by atoms with Gasteiger partial charge in [-0.3, -0.25) is 9.59 Å². The second-order valence-corrected chi connectivity index (χ2v) is 7.14. The lowest BCUT2D eigenvalue weighted by Crippen LogP contribution is -2.27. The van der Waals surface area contributed by atoms with Gasteiger partial charge in [0.05, 0.1) is 0 Å². The molecule has 0 unspecified atom stereocenters. The maximum absolute atomic E-state index is 11.8. The normalized spacial score (nSPS) is 22.5. The SMILES string of the molecule is Cc1ccc(C)c(NC(=O)COC(=O)[C@]2(C)CC2(Cl)Cl)c1. The topological polar surface area (TPSA) is 55.4 Å². The first kappa shape index (κ1) is 16.1. The zero-order valence-corrected chi connectivity index (χ0v) is 13.6. The first-order valence-electron chi connectivity index (χ1n) is 6.58. The molecule has 2 rings (SSSR count). The molecule has 0 bridgehead atoms. The first-order valence-corrected chi connectivity index (χ1v) is 7.33. The summed E-state index contributed by atoms with van der Waals surface area (Å²) in [4.78, 5) is 23.7. The molecule has 0 spiro atoms. The van der Waals surface area contributed by atoms with Gasteiger partial charge in [-0.2, -0.15) is 0 Å². The number of aryl methyl sites for hydroxylation is 2. The number of amides is 1. The van der Waals surface area contributed by atoms with E-state index in [1.54, 1.807) is 6.92 Å². The molecule has 114 valence electrons. The molecule has 0 aliphatic heterocycles. The lowest BCUT2D eigenvalue weighted by atomic mass is 10.1. The van der Waals surface area contributed by atoms with Crippen molar-refractivity contribution in [3.8, 4) is 0 Å². The number of rotatable bonds is 4. The van der Waals surface area contributed by atoms with Crippen molar-refractivity contribution in [1.82, 2.24) is 0 Å². The summed E-state index contributed by atoms with van der Waals surface area (Å²) in [6.45, 7) is 5.09. The van der Waals surface area contributed by atoms with Gasteiger partial charge in [0.1, 0.15) is 9.75 Å². The Hall–Kier alpha value is -1.26. The van der Waals surface area contributed by atoms with Crippen molar-refractivity contribution >= 4 is 40.8 Å². The van der Waals surface area contributed by atoms with Crippen molar-refractivity contribution in [2.45, 2.75) is 31.5 Å². The number of carbonyl (C=O) groups excluding carboxylic acids is 2. The molecule has 0 heterocycles. The number of esters is 1. The van der Waals surface area contributed by atoms with E-state index in [9.17, 15) is 9.59 Å². The summed E-state index contributed by atoms with van der Waals surface area (Å²) in [6.07, 6.45) is 0.334. The Labute approximate surface area is 133 Å². The number of halogens is 2. The highest BCUT2D eigenvalue weighted by Gasteiger charge is 2.69. The van der Waals surface area contributed by atoms with Gasteiger partial charge in [-0.25, -0.2) is 0 Å². The summed E-state index contributed by atoms with van der Waals surface area (Å²) in [5.74, 6) is -0.945. The summed E-state index contributed by atoms with van der Waals surface area (Å²) >= 11 is 11.8. The van der Waals surface area contributed by atoms with E-state index in [4.69, 9.17) is 27.9 Å². The number of anilines is 1. The van der Waals surface area contributed by atoms with Gasteiger partial charge in [-0.1, -0.05) is 12.1 Å². The fourth-order valence-electron chi connectivity index (χ4n) is 1.97. The number of alkyl halides is 2. The number of benzene rings is 1. The van der Waals surface area contributed by atoms with Crippen molar-refractivity contribution in [1.29, 1.82) is 0 Å². The molecule has 1 saturated carbocycles. The highest BCUT2D eigenvalue weighted by molar-refractivity contribution is 6.53. The Morgan fingerprint density at radius 1 is 1.33 bits per heavy atom. The van der Waals surface area contributed by atoms with Crippen LogP contribution in [0.1, 0.15) is 24.5 Å². The Balaban J connectivity index is 1.89. The molecular weight excluding hydrogens is 313 g/mol. The molecule has 1 aromatic rings. The summed E-state index contributed by atoms with van der Waals surface area (Å²) < 4.78 is 3.90. The molecule has 1 aliphatic rings. The van der Waals surface area contributed by atoms with E-state index in [0.29, 0.717) is 12.1 Å². The van der Waals surface area contributed by atoms with Crippen LogP contribution < -0.4 is 5.32 Å². The molecule has 0 aromatic heterocycles. The minimum absolute atomic E-state index is 0.334. The van der Waals surface area contributed by atoms with Gasteiger partial charge < -0.3 is 10.1 Å². The Bertz CT molecular complexity index is 601. The lowest BCUT2D eigenvalue weighted by Gasteiger charge is -2.13. The van der Waals surface area contributed by atoms with Crippen LogP contribution >= 0.6 is 23.2 Å². The second-order valence-electron chi connectivity index (χ2n) is 5.66. The smallest absolute Gasteiger partial charge is 0.315 e. The molecule has 0 radical (unpaired) electrons. The third kappa shape index (κ3) is 3.33. The molecule has 0 saturated heterocycles. The van der Waals surface area contributed by atoms with Crippen molar-refractivity contribution < 1.29 is 14.3 Å². The molecule has 1 amide bonds. The van der Waals surface area contributed by atoms with Crippen molar-refractivity contribution in [2.75, 3.05) is 11.9 Å². The Morgan fingerprint density at radius 3 is 2.52 bits per heavy atom. The van der Waals surface area contributed by atoms with Gasteiger partial charge >= 0.3 is 5.97 Å². The van der Waals surface area contributed by atoms with Gasteiger partial charge in [-0.05, 0) is 38.0 Å². The average Bonchev–Trinajstić information content (AvgIpc) is 2.91. The first-order chi connectivity index (χ1) is 9.65. The van der Waals surface area contributed by atoms with E-state index in [2.05, 4.69) is 5.32 Å². The van der Waals surface area contributed by atoms with Gasteiger partial charge in [0.15, 0.2) is 6.61 Å². The van der Waals surface area contributed by atoms with E-state index in [1.165, 1.54) is 0 Å². The monoisotopic (exact) mass is 329 g/mol. The van der Waals surface area contributed by atoms with Crippen LogP contribution in [0.3, 0.4) is 0 Å². The van der Waals surface area contributed by atoms with E-state index in [1.807, 2.05) is 32.0 Å². The number of hydrogen-bond acceptors (Lipinski definition) is 3. The Kier molecular flexibility index (Phi) is 4.22. The van der Waals surface area contributed by atoms with Crippen molar-refractivity contribution in [3.05, 3.63) is 29.3 Å². The predicted molar refractivity (Wildman–Crippen MR) is 82.7 cm³/mol. The van der Waals surface area contributed by atoms with Crippen LogP contribution in [0, 0.1) is 19.3 Å². The third-order valence-electron chi connectivity index (χ3n) is 3.71. The maximum atomic E-state index is 11.8. The van der Waals surface area contributed by atoms with Crippen LogP contribution in [0.4, 0.5) is 5.69 Å². The van der Waals surface area contributed by atoms with E-state index in [-0.39, 0.29) is 6.61 Å². The summed E-state index contributed by atoms with van der Waals surface area (Å²) in [7, 11) is 0. The Morgan fingerprint density at radius 2 is 1.95 bits per heavy atom. The number of nitrogens with one attached hydrogen (secondary N) is 1. The van der Waals surface area contributed by atoms with Crippen molar-refractivity contribution in [3.63, 3.8) is 0 Å². The molecule has 21 heavy (non-hydrogen) atoms. The maximum Gasteiger partial charge on any atom is 0.315 e.